The summed E-state index contributed by atoms with van der Waals surface area (Å²) >= 11 is 5.91. The van der Waals surface area contributed by atoms with E-state index in [1.54, 1.807) is 24.4 Å². The van der Waals surface area contributed by atoms with Gasteiger partial charge in [-0.3, -0.25) is 4.79 Å². The molecular weight excluding hydrogens is 304 g/mol. The smallest absolute Gasteiger partial charge is 0.253 e. The summed E-state index contributed by atoms with van der Waals surface area (Å²) in [5, 5.41) is 7.36. The van der Waals surface area contributed by atoms with Gasteiger partial charge >= 0.3 is 0 Å². The van der Waals surface area contributed by atoms with Gasteiger partial charge in [0.25, 0.3) is 5.91 Å². The highest BCUT2D eigenvalue weighted by Crippen LogP contribution is 2.22. The average molecular weight is 317 g/mol. The fourth-order valence-corrected chi connectivity index (χ4v) is 2.29. The van der Waals surface area contributed by atoms with Gasteiger partial charge in [-0.2, -0.15) is 4.98 Å². The summed E-state index contributed by atoms with van der Waals surface area (Å²) in [4.78, 5) is 19.4. The normalized spacial score (nSPS) is 12.1. The van der Waals surface area contributed by atoms with Crippen molar-refractivity contribution in [2.75, 3.05) is 0 Å². The Kier molecular flexibility index (Phi) is 3.93. The highest BCUT2D eigenvalue weighted by Gasteiger charge is 2.22. The summed E-state index contributed by atoms with van der Waals surface area (Å²) in [7, 11) is 0. The SMILES string of the molecule is Cc1[nH]ccc1C(=O)N[C@H](c1ccc(Cl)cc1)c1ncon1. The van der Waals surface area contributed by atoms with E-state index >= 15 is 0 Å². The van der Waals surface area contributed by atoms with E-state index in [-0.39, 0.29) is 5.91 Å². The summed E-state index contributed by atoms with van der Waals surface area (Å²) in [6.45, 7) is 1.83. The van der Waals surface area contributed by atoms with Crippen LogP contribution in [0.4, 0.5) is 0 Å². The second-order valence-electron chi connectivity index (χ2n) is 4.76. The molecule has 0 radical (unpaired) electrons. The number of hydrogen-bond acceptors (Lipinski definition) is 4. The molecule has 0 bridgehead atoms. The third-order valence-electron chi connectivity index (χ3n) is 3.31. The molecule has 0 aliphatic rings. The maximum atomic E-state index is 12.4. The van der Waals surface area contributed by atoms with Crippen LogP contribution in [0.3, 0.4) is 0 Å². The third-order valence-corrected chi connectivity index (χ3v) is 3.57. The molecule has 6 nitrogen and oxygen atoms in total. The molecule has 0 fully saturated rings. The van der Waals surface area contributed by atoms with Crippen molar-refractivity contribution >= 4 is 17.5 Å². The molecule has 3 aromatic rings. The Balaban J connectivity index is 1.91. The van der Waals surface area contributed by atoms with Gasteiger partial charge in [-0.15, -0.1) is 0 Å². The molecule has 1 atom stereocenters. The summed E-state index contributed by atoms with van der Waals surface area (Å²) < 4.78 is 4.79. The monoisotopic (exact) mass is 316 g/mol. The van der Waals surface area contributed by atoms with E-state index in [0.717, 1.165) is 11.3 Å². The number of aromatic nitrogens is 3. The number of H-pyrrole nitrogens is 1. The lowest BCUT2D eigenvalue weighted by molar-refractivity contribution is 0.0940. The molecule has 3 rings (SSSR count). The lowest BCUT2D eigenvalue weighted by Gasteiger charge is -2.16. The lowest BCUT2D eigenvalue weighted by atomic mass is 10.1. The van der Waals surface area contributed by atoms with Crippen molar-refractivity contribution in [2.24, 2.45) is 0 Å². The number of carbonyl (C=O) groups is 1. The number of carbonyl (C=O) groups excluding carboxylic acids is 1. The van der Waals surface area contributed by atoms with E-state index in [1.807, 2.05) is 19.1 Å². The van der Waals surface area contributed by atoms with Gasteiger partial charge in [0.05, 0.1) is 5.56 Å². The maximum Gasteiger partial charge on any atom is 0.253 e. The van der Waals surface area contributed by atoms with Gasteiger partial charge in [0.15, 0.2) is 5.82 Å². The minimum Gasteiger partial charge on any atom is -0.365 e. The Bertz CT molecular complexity index is 765. The van der Waals surface area contributed by atoms with E-state index in [0.29, 0.717) is 16.4 Å². The summed E-state index contributed by atoms with van der Waals surface area (Å²) in [6.07, 6.45) is 2.95. The first-order valence-electron chi connectivity index (χ1n) is 6.61. The number of nitrogens with one attached hydrogen (secondary N) is 2. The van der Waals surface area contributed by atoms with E-state index in [2.05, 4.69) is 20.4 Å². The van der Waals surface area contributed by atoms with E-state index in [1.165, 1.54) is 6.39 Å². The van der Waals surface area contributed by atoms with Crippen molar-refractivity contribution in [1.82, 2.24) is 20.4 Å². The van der Waals surface area contributed by atoms with Crippen LogP contribution in [0, 0.1) is 6.92 Å². The summed E-state index contributed by atoms with van der Waals surface area (Å²) in [6, 6.07) is 8.33. The Labute approximate surface area is 131 Å². The number of amides is 1. The molecule has 7 heteroatoms. The van der Waals surface area contributed by atoms with Crippen LogP contribution in [0.5, 0.6) is 0 Å². The van der Waals surface area contributed by atoms with Crippen LogP contribution in [-0.2, 0) is 0 Å². The van der Waals surface area contributed by atoms with Crippen molar-refractivity contribution in [3.8, 4) is 0 Å². The third kappa shape index (κ3) is 2.87. The molecule has 1 amide bonds. The molecule has 0 aliphatic carbocycles. The Morgan fingerprint density at radius 2 is 2.09 bits per heavy atom. The average Bonchev–Trinajstić information content (AvgIpc) is 3.17. The van der Waals surface area contributed by atoms with Crippen molar-refractivity contribution in [3.63, 3.8) is 0 Å². The highest BCUT2D eigenvalue weighted by molar-refractivity contribution is 6.30. The van der Waals surface area contributed by atoms with Gasteiger partial charge in [0.1, 0.15) is 6.04 Å². The number of nitrogens with zero attached hydrogens (tertiary/aromatic N) is 2. The van der Waals surface area contributed by atoms with Gasteiger partial charge in [0.2, 0.25) is 6.39 Å². The van der Waals surface area contributed by atoms with Crippen LogP contribution in [-0.4, -0.2) is 21.0 Å². The quantitative estimate of drug-likeness (QED) is 0.775. The molecule has 0 saturated heterocycles. The predicted molar refractivity (Wildman–Crippen MR) is 80.6 cm³/mol. The lowest BCUT2D eigenvalue weighted by Crippen LogP contribution is -2.30. The highest BCUT2D eigenvalue weighted by atomic mass is 35.5. The van der Waals surface area contributed by atoms with Crippen LogP contribution in [0.1, 0.15) is 33.5 Å². The van der Waals surface area contributed by atoms with E-state index in [9.17, 15) is 4.79 Å². The molecule has 0 spiro atoms. The number of hydrogen-bond donors (Lipinski definition) is 2. The van der Waals surface area contributed by atoms with Crippen molar-refractivity contribution in [1.29, 1.82) is 0 Å². The van der Waals surface area contributed by atoms with Crippen LogP contribution < -0.4 is 5.32 Å². The standard InChI is InChI=1S/C15H13ClN4O2/c1-9-12(6-7-17-9)15(21)19-13(14-18-8-22-20-14)10-2-4-11(16)5-3-10/h2-8,13,17H,1H3,(H,19,21)/t13-/m1/s1. The molecule has 0 unspecified atom stereocenters. The second kappa shape index (κ2) is 6.03. The van der Waals surface area contributed by atoms with Crippen LogP contribution in [0.2, 0.25) is 5.02 Å². The Hall–Kier alpha value is -2.60. The number of halogens is 1. The van der Waals surface area contributed by atoms with Gasteiger partial charge in [0, 0.05) is 16.9 Å². The van der Waals surface area contributed by atoms with Gasteiger partial charge in [-0.25, -0.2) is 0 Å². The number of rotatable bonds is 4. The molecule has 0 saturated carbocycles. The van der Waals surface area contributed by atoms with Gasteiger partial charge < -0.3 is 14.8 Å². The number of aromatic amines is 1. The molecule has 2 N–H and O–H groups in total. The minimum absolute atomic E-state index is 0.219. The first-order valence-corrected chi connectivity index (χ1v) is 6.99. The first kappa shape index (κ1) is 14.3. The van der Waals surface area contributed by atoms with E-state index in [4.69, 9.17) is 16.1 Å². The van der Waals surface area contributed by atoms with Crippen LogP contribution in [0.15, 0.2) is 47.4 Å². The Morgan fingerprint density at radius 3 is 2.68 bits per heavy atom. The zero-order valence-corrected chi connectivity index (χ0v) is 12.5. The molecule has 22 heavy (non-hydrogen) atoms. The molecule has 112 valence electrons. The van der Waals surface area contributed by atoms with Gasteiger partial charge in [-0.1, -0.05) is 28.9 Å². The zero-order valence-electron chi connectivity index (χ0n) is 11.7. The van der Waals surface area contributed by atoms with Crippen molar-refractivity contribution < 1.29 is 9.32 Å². The van der Waals surface area contributed by atoms with Crippen molar-refractivity contribution in [3.05, 3.63) is 70.6 Å². The molecular formula is C15H13ClN4O2. The minimum atomic E-state index is -0.516. The van der Waals surface area contributed by atoms with Crippen molar-refractivity contribution in [2.45, 2.75) is 13.0 Å². The molecule has 1 aromatic carbocycles. The fourth-order valence-electron chi connectivity index (χ4n) is 2.17. The van der Waals surface area contributed by atoms with Gasteiger partial charge in [-0.05, 0) is 30.7 Å². The largest absolute Gasteiger partial charge is 0.365 e. The van der Waals surface area contributed by atoms with E-state index < -0.39 is 6.04 Å². The second-order valence-corrected chi connectivity index (χ2v) is 5.20. The zero-order chi connectivity index (χ0) is 15.5. The Morgan fingerprint density at radius 1 is 1.32 bits per heavy atom. The predicted octanol–water partition coefficient (Wildman–Crippen LogP) is 2.88. The topological polar surface area (TPSA) is 83.8 Å². The summed E-state index contributed by atoms with van der Waals surface area (Å²) in [5.74, 6) is 0.160. The molecule has 0 aliphatic heterocycles. The summed E-state index contributed by atoms with van der Waals surface area (Å²) in [5.41, 5.74) is 2.18. The number of aryl methyl sites for hydroxylation is 1. The molecule has 2 heterocycles. The molecule has 2 aromatic heterocycles. The first-order chi connectivity index (χ1) is 10.6. The van der Waals surface area contributed by atoms with Crippen LogP contribution >= 0.6 is 11.6 Å². The maximum absolute atomic E-state index is 12.4. The van der Waals surface area contributed by atoms with Crippen LogP contribution in [0.25, 0.3) is 0 Å². The number of benzene rings is 1. The fraction of sp³-hybridized carbons (Fsp3) is 0.133.